The minimum atomic E-state index is -0.202. The van der Waals surface area contributed by atoms with Crippen molar-refractivity contribution >= 4 is 38.6 Å². The molecule has 0 bridgehead atoms. The fourth-order valence-electron chi connectivity index (χ4n) is 8.62. The molecule has 0 radical (unpaired) electrons. The Morgan fingerprint density at radius 3 is 1.50 bits per heavy atom. The highest BCUT2D eigenvalue weighted by Crippen LogP contribution is 2.54. The van der Waals surface area contributed by atoms with E-state index in [4.69, 9.17) is 0 Å². The minimum absolute atomic E-state index is 0.202. The van der Waals surface area contributed by atoms with Crippen molar-refractivity contribution in [3.8, 4) is 44.5 Å². The first-order valence-corrected chi connectivity index (χ1v) is 18.8. The molecule has 0 saturated heterocycles. The Morgan fingerprint density at radius 1 is 0.352 bits per heavy atom. The molecule has 10 rings (SSSR count). The molecular weight excluding hydrogens is 651 g/mol. The lowest BCUT2D eigenvalue weighted by atomic mass is 9.67. The second-order valence-electron chi connectivity index (χ2n) is 15.0. The normalized spacial score (nSPS) is 12.8. The number of hydrogen-bond donors (Lipinski definition) is 0. The van der Waals surface area contributed by atoms with Crippen molar-refractivity contribution in [3.05, 3.63) is 211 Å². The van der Waals surface area contributed by atoms with Gasteiger partial charge in [-0.1, -0.05) is 172 Å². The van der Waals surface area contributed by atoms with Crippen LogP contribution in [0.15, 0.2) is 200 Å². The summed E-state index contributed by atoms with van der Waals surface area (Å²) in [5.74, 6) is 0. The monoisotopic (exact) mass is 689 g/mol. The molecule has 1 aliphatic carbocycles. The molecule has 0 atom stereocenters. The molecule has 9 aromatic carbocycles. The quantitative estimate of drug-likeness (QED) is 0.168. The van der Waals surface area contributed by atoms with E-state index in [0.29, 0.717) is 0 Å². The second kappa shape index (κ2) is 12.8. The van der Waals surface area contributed by atoms with E-state index in [1.165, 1.54) is 82.9 Å². The van der Waals surface area contributed by atoms with Gasteiger partial charge in [0.25, 0.3) is 0 Å². The summed E-state index contributed by atoms with van der Waals surface area (Å²) >= 11 is 0. The van der Waals surface area contributed by atoms with Crippen molar-refractivity contribution in [3.63, 3.8) is 0 Å². The third-order valence-corrected chi connectivity index (χ3v) is 11.4. The van der Waals surface area contributed by atoms with Crippen LogP contribution in [-0.4, -0.2) is 0 Å². The first-order valence-electron chi connectivity index (χ1n) is 18.8. The van der Waals surface area contributed by atoms with Gasteiger partial charge in [0.2, 0.25) is 0 Å². The van der Waals surface area contributed by atoms with E-state index < -0.39 is 0 Å². The van der Waals surface area contributed by atoms with Crippen molar-refractivity contribution in [1.29, 1.82) is 0 Å². The molecule has 256 valence electrons. The van der Waals surface area contributed by atoms with E-state index in [0.717, 1.165) is 11.4 Å². The Bertz CT molecular complexity index is 2730. The van der Waals surface area contributed by atoms with Crippen LogP contribution in [0.4, 0.5) is 17.1 Å². The van der Waals surface area contributed by atoms with Gasteiger partial charge >= 0.3 is 0 Å². The van der Waals surface area contributed by atoms with E-state index in [-0.39, 0.29) is 5.41 Å². The molecule has 0 unspecified atom stereocenters. The van der Waals surface area contributed by atoms with Gasteiger partial charge in [0.1, 0.15) is 0 Å². The molecule has 1 aliphatic rings. The van der Waals surface area contributed by atoms with Crippen LogP contribution in [0.3, 0.4) is 0 Å². The fourth-order valence-corrected chi connectivity index (χ4v) is 8.62. The number of rotatable bonds is 6. The van der Waals surface area contributed by atoms with Crippen molar-refractivity contribution in [1.82, 2.24) is 0 Å². The van der Waals surface area contributed by atoms with Gasteiger partial charge in [-0.05, 0) is 114 Å². The predicted octanol–water partition coefficient (Wildman–Crippen LogP) is 14.8. The molecule has 0 fully saturated rings. The van der Waals surface area contributed by atoms with Gasteiger partial charge in [0, 0.05) is 22.4 Å². The average molecular weight is 690 g/mol. The van der Waals surface area contributed by atoms with Gasteiger partial charge in [0.15, 0.2) is 0 Å². The Balaban J connectivity index is 1.19. The SMILES string of the molecule is CC1(C)c2cc(-c3ccc4ccccc4c3)ccc2-c2c(N(c3ccc(-c4ccccc4)cc3)c3ccc(-c4ccccc4)cc3)ccc3cccc1c23. The third kappa shape index (κ3) is 5.32. The number of fused-ring (bicyclic) bond motifs is 3. The molecule has 9 aromatic rings. The van der Waals surface area contributed by atoms with Crippen molar-refractivity contribution in [2.24, 2.45) is 0 Å². The van der Waals surface area contributed by atoms with Gasteiger partial charge in [-0.15, -0.1) is 0 Å². The van der Waals surface area contributed by atoms with Crippen LogP contribution in [0.5, 0.6) is 0 Å². The average Bonchev–Trinajstić information content (AvgIpc) is 3.24. The first kappa shape index (κ1) is 32.0. The standard InChI is InChI=1S/C53H39N/c1-53(2)48-19-11-18-41-27-33-50(52(51(41)48)47-32-26-44(35-49(47)53)43-21-20-38-16-9-10-17-42(38)34-43)54(45-28-22-39(23-29-45)36-12-5-3-6-13-36)46-30-24-40(25-31-46)37-14-7-4-8-15-37/h3-35H,1-2H3. The molecule has 0 saturated carbocycles. The highest BCUT2D eigenvalue weighted by molar-refractivity contribution is 6.10. The van der Waals surface area contributed by atoms with Crippen LogP contribution in [0.25, 0.3) is 66.1 Å². The second-order valence-corrected chi connectivity index (χ2v) is 15.0. The van der Waals surface area contributed by atoms with Crippen molar-refractivity contribution in [2.75, 3.05) is 4.90 Å². The van der Waals surface area contributed by atoms with E-state index in [2.05, 4.69) is 219 Å². The number of hydrogen-bond acceptors (Lipinski definition) is 1. The van der Waals surface area contributed by atoms with E-state index in [1.807, 2.05) is 0 Å². The van der Waals surface area contributed by atoms with Gasteiger partial charge < -0.3 is 4.90 Å². The summed E-state index contributed by atoms with van der Waals surface area (Å²) in [5.41, 5.74) is 15.8. The van der Waals surface area contributed by atoms with Crippen LogP contribution >= 0.6 is 0 Å². The lowest BCUT2D eigenvalue weighted by molar-refractivity contribution is 0.645. The third-order valence-electron chi connectivity index (χ3n) is 11.4. The van der Waals surface area contributed by atoms with E-state index >= 15 is 0 Å². The smallest absolute Gasteiger partial charge is 0.0546 e. The van der Waals surface area contributed by atoms with Gasteiger partial charge in [-0.25, -0.2) is 0 Å². The van der Waals surface area contributed by atoms with Crippen LogP contribution in [-0.2, 0) is 5.41 Å². The molecule has 0 heterocycles. The molecule has 0 spiro atoms. The summed E-state index contributed by atoms with van der Waals surface area (Å²) in [6.45, 7) is 4.78. The number of benzene rings is 9. The summed E-state index contributed by atoms with van der Waals surface area (Å²) in [6.07, 6.45) is 0. The lowest BCUT2D eigenvalue weighted by Crippen LogP contribution is -2.24. The maximum Gasteiger partial charge on any atom is 0.0546 e. The zero-order chi connectivity index (χ0) is 36.2. The number of anilines is 3. The molecule has 1 nitrogen and oxygen atoms in total. The summed E-state index contributed by atoms with van der Waals surface area (Å²) < 4.78 is 0. The molecule has 0 N–H and O–H groups in total. The van der Waals surface area contributed by atoms with Gasteiger partial charge in [0.05, 0.1) is 5.69 Å². The first-order chi connectivity index (χ1) is 26.5. The minimum Gasteiger partial charge on any atom is -0.310 e. The molecule has 0 aromatic heterocycles. The van der Waals surface area contributed by atoms with Gasteiger partial charge in [-0.3, -0.25) is 0 Å². The van der Waals surface area contributed by atoms with Crippen molar-refractivity contribution in [2.45, 2.75) is 19.3 Å². The molecular formula is C53H39N. The summed E-state index contributed by atoms with van der Waals surface area (Å²) in [4.78, 5) is 2.45. The highest BCUT2D eigenvalue weighted by Gasteiger charge is 2.36. The zero-order valence-electron chi connectivity index (χ0n) is 30.5. The molecule has 1 heteroatoms. The summed E-state index contributed by atoms with van der Waals surface area (Å²) in [5, 5.41) is 5.12. The Kier molecular flexibility index (Phi) is 7.56. The topological polar surface area (TPSA) is 3.24 Å². The summed E-state index contributed by atoms with van der Waals surface area (Å²) in [6, 6.07) is 73.4. The van der Waals surface area contributed by atoms with Crippen molar-refractivity contribution < 1.29 is 0 Å². The Labute approximate surface area is 317 Å². The van der Waals surface area contributed by atoms with E-state index in [9.17, 15) is 0 Å². The van der Waals surface area contributed by atoms with Gasteiger partial charge in [-0.2, -0.15) is 0 Å². The van der Waals surface area contributed by atoms with Crippen LogP contribution < -0.4 is 4.90 Å². The molecule has 0 aliphatic heterocycles. The molecule has 54 heavy (non-hydrogen) atoms. The van der Waals surface area contributed by atoms with Crippen LogP contribution in [0.2, 0.25) is 0 Å². The van der Waals surface area contributed by atoms with Crippen LogP contribution in [0.1, 0.15) is 25.0 Å². The molecule has 0 amide bonds. The maximum absolute atomic E-state index is 2.45. The van der Waals surface area contributed by atoms with E-state index in [1.54, 1.807) is 0 Å². The Hall–Kier alpha value is -6.70. The lowest BCUT2D eigenvalue weighted by Gasteiger charge is -2.38. The fraction of sp³-hybridized carbons (Fsp3) is 0.0566. The van der Waals surface area contributed by atoms with Crippen LogP contribution in [0, 0.1) is 0 Å². The summed E-state index contributed by atoms with van der Waals surface area (Å²) in [7, 11) is 0. The highest BCUT2D eigenvalue weighted by atomic mass is 15.1. The largest absolute Gasteiger partial charge is 0.310 e. The predicted molar refractivity (Wildman–Crippen MR) is 230 cm³/mol. The number of nitrogens with zero attached hydrogens (tertiary/aromatic N) is 1. The zero-order valence-corrected chi connectivity index (χ0v) is 30.5. The maximum atomic E-state index is 2.45. The Morgan fingerprint density at radius 2 is 0.852 bits per heavy atom.